The first kappa shape index (κ1) is 15.7. The third-order valence-corrected chi connectivity index (χ3v) is 4.24. The molecule has 1 aromatic rings. The standard InChI is InChI=1S/C15H28N4S/c1-15(2,3)16-10-6-5-9-13-14(18-20-17-13)19-11-7-4-8-12-19/h16H,4-12H2,1-3H3. The van der Waals surface area contributed by atoms with Gasteiger partial charge in [-0.25, -0.2) is 0 Å². The van der Waals surface area contributed by atoms with Crippen molar-refractivity contribution >= 4 is 17.5 Å². The molecule has 0 atom stereocenters. The van der Waals surface area contributed by atoms with E-state index in [0.717, 1.165) is 26.1 Å². The topological polar surface area (TPSA) is 41.1 Å². The predicted octanol–water partition coefficient (Wildman–Crippen LogP) is 3.24. The second kappa shape index (κ2) is 7.36. The Bertz CT molecular complexity index is 391. The number of aryl methyl sites for hydroxylation is 1. The van der Waals surface area contributed by atoms with E-state index in [9.17, 15) is 0 Å². The molecule has 0 aromatic carbocycles. The fourth-order valence-corrected chi connectivity index (χ4v) is 3.20. The van der Waals surface area contributed by atoms with Crippen molar-refractivity contribution in [3.8, 4) is 0 Å². The number of hydrogen-bond donors (Lipinski definition) is 1. The first-order valence-corrected chi connectivity index (χ1v) is 8.61. The molecule has 0 spiro atoms. The van der Waals surface area contributed by atoms with Crippen molar-refractivity contribution in [2.45, 2.75) is 64.8 Å². The van der Waals surface area contributed by atoms with Gasteiger partial charge in [-0.1, -0.05) is 0 Å². The van der Waals surface area contributed by atoms with Gasteiger partial charge in [-0.2, -0.15) is 8.75 Å². The number of rotatable bonds is 6. The highest BCUT2D eigenvalue weighted by molar-refractivity contribution is 6.99. The lowest BCUT2D eigenvalue weighted by molar-refractivity contribution is 0.418. The molecule has 2 rings (SSSR count). The summed E-state index contributed by atoms with van der Waals surface area (Å²) < 4.78 is 9.03. The third kappa shape index (κ3) is 5.02. The van der Waals surface area contributed by atoms with Gasteiger partial charge in [0.05, 0.1) is 17.4 Å². The van der Waals surface area contributed by atoms with Gasteiger partial charge in [-0.15, -0.1) is 0 Å². The third-order valence-electron chi connectivity index (χ3n) is 3.69. The first-order valence-electron chi connectivity index (χ1n) is 7.88. The van der Waals surface area contributed by atoms with E-state index in [-0.39, 0.29) is 5.54 Å². The van der Waals surface area contributed by atoms with Gasteiger partial charge in [-0.05, 0) is 65.8 Å². The summed E-state index contributed by atoms with van der Waals surface area (Å²) >= 11 is 1.37. The fraction of sp³-hybridized carbons (Fsp3) is 0.867. The van der Waals surface area contributed by atoms with Crippen molar-refractivity contribution in [2.75, 3.05) is 24.5 Å². The number of unbranched alkanes of at least 4 members (excludes halogenated alkanes) is 1. The van der Waals surface area contributed by atoms with Crippen molar-refractivity contribution in [2.24, 2.45) is 0 Å². The van der Waals surface area contributed by atoms with Gasteiger partial charge in [0.2, 0.25) is 0 Å². The molecule has 0 unspecified atom stereocenters. The molecule has 20 heavy (non-hydrogen) atoms. The molecule has 2 heterocycles. The van der Waals surface area contributed by atoms with Crippen LogP contribution in [0, 0.1) is 0 Å². The summed E-state index contributed by atoms with van der Waals surface area (Å²) in [6.45, 7) is 10.0. The number of piperidine rings is 1. The van der Waals surface area contributed by atoms with Gasteiger partial charge in [0.25, 0.3) is 0 Å². The van der Waals surface area contributed by atoms with E-state index in [1.54, 1.807) is 0 Å². The minimum absolute atomic E-state index is 0.223. The van der Waals surface area contributed by atoms with E-state index < -0.39 is 0 Å². The zero-order valence-corrected chi connectivity index (χ0v) is 13.9. The zero-order valence-electron chi connectivity index (χ0n) is 13.1. The summed E-state index contributed by atoms with van der Waals surface area (Å²) in [5.41, 5.74) is 1.44. The Morgan fingerprint density at radius 3 is 2.55 bits per heavy atom. The molecule has 5 heteroatoms. The van der Waals surface area contributed by atoms with Gasteiger partial charge < -0.3 is 10.2 Å². The van der Waals surface area contributed by atoms with Gasteiger partial charge >= 0.3 is 0 Å². The molecule has 0 bridgehead atoms. The van der Waals surface area contributed by atoms with Crippen molar-refractivity contribution in [3.63, 3.8) is 0 Å². The summed E-state index contributed by atoms with van der Waals surface area (Å²) in [7, 11) is 0. The van der Waals surface area contributed by atoms with Crippen LogP contribution in [0.3, 0.4) is 0 Å². The molecule has 1 aliphatic heterocycles. The molecule has 1 fully saturated rings. The van der Waals surface area contributed by atoms with E-state index in [1.807, 2.05) is 0 Å². The van der Waals surface area contributed by atoms with Crippen LogP contribution < -0.4 is 10.2 Å². The van der Waals surface area contributed by atoms with Crippen LogP contribution in [0.25, 0.3) is 0 Å². The van der Waals surface area contributed by atoms with Crippen LogP contribution >= 0.6 is 11.7 Å². The highest BCUT2D eigenvalue weighted by Crippen LogP contribution is 2.23. The van der Waals surface area contributed by atoms with Crippen molar-refractivity contribution < 1.29 is 0 Å². The van der Waals surface area contributed by atoms with Gasteiger partial charge in [0, 0.05) is 18.6 Å². The molecule has 1 aromatic heterocycles. The zero-order chi connectivity index (χ0) is 14.4. The monoisotopic (exact) mass is 296 g/mol. The van der Waals surface area contributed by atoms with Crippen LogP contribution in [0.2, 0.25) is 0 Å². The number of aromatic nitrogens is 2. The molecule has 1 saturated heterocycles. The molecule has 0 saturated carbocycles. The van der Waals surface area contributed by atoms with Crippen molar-refractivity contribution in [3.05, 3.63) is 5.69 Å². The highest BCUT2D eigenvalue weighted by Gasteiger charge is 2.17. The minimum atomic E-state index is 0.223. The predicted molar refractivity (Wildman–Crippen MR) is 86.7 cm³/mol. The Balaban J connectivity index is 1.74. The quantitative estimate of drug-likeness (QED) is 0.818. The normalized spacial score (nSPS) is 16.6. The van der Waals surface area contributed by atoms with Crippen LogP contribution in [-0.4, -0.2) is 33.9 Å². The lowest BCUT2D eigenvalue weighted by atomic mass is 10.1. The smallest absolute Gasteiger partial charge is 0.165 e. The van der Waals surface area contributed by atoms with Crippen LogP contribution in [0.15, 0.2) is 0 Å². The van der Waals surface area contributed by atoms with E-state index in [1.165, 1.54) is 55.3 Å². The van der Waals surface area contributed by atoms with Gasteiger partial charge in [0.1, 0.15) is 0 Å². The second-order valence-electron chi connectivity index (χ2n) is 6.72. The summed E-state index contributed by atoms with van der Waals surface area (Å²) in [4.78, 5) is 2.43. The number of nitrogens with zero attached hydrogens (tertiary/aromatic N) is 3. The molecule has 1 N–H and O–H groups in total. The van der Waals surface area contributed by atoms with E-state index in [2.05, 4.69) is 39.7 Å². The van der Waals surface area contributed by atoms with Gasteiger partial charge in [-0.3, -0.25) is 0 Å². The lowest BCUT2D eigenvalue weighted by Crippen LogP contribution is -2.36. The minimum Gasteiger partial charge on any atom is -0.354 e. The number of nitrogens with one attached hydrogen (secondary N) is 1. The lowest BCUT2D eigenvalue weighted by Gasteiger charge is -2.27. The van der Waals surface area contributed by atoms with Crippen LogP contribution in [0.5, 0.6) is 0 Å². The largest absolute Gasteiger partial charge is 0.354 e. The SMILES string of the molecule is CC(C)(C)NCCCCc1nsnc1N1CCCCC1. The molecule has 0 radical (unpaired) electrons. The molecular formula is C15H28N4S. The molecule has 1 aliphatic rings. The Labute approximate surface area is 127 Å². The van der Waals surface area contributed by atoms with E-state index in [4.69, 9.17) is 0 Å². The second-order valence-corrected chi connectivity index (χ2v) is 7.24. The Kier molecular flexibility index (Phi) is 5.78. The van der Waals surface area contributed by atoms with E-state index in [0.29, 0.717) is 0 Å². The Hall–Kier alpha value is -0.680. The Morgan fingerprint density at radius 2 is 1.85 bits per heavy atom. The van der Waals surface area contributed by atoms with Gasteiger partial charge in [0.15, 0.2) is 5.82 Å². The average Bonchev–Trinajstić information content (AvgIpc) is 2.86. The average molecular weight is 296 g/mol. The summed E-state index contributed by atoms with van der Waals surface area (Å²) in [6, 6.07) is 0. The van der Waals surface area contributed by atoms with Crippen molar-refractivity contribution in [1.29, 1.82) is 0 Å². The fourth-order valence-electron chi connectivity index (χ4n) is 2.59. The van der Waals surface area contributed by atoms with E-state index >= 15 is 0 Å². The maximum atomic E-state index is 4.52. The first-order chi connectivity index (χ1) is 9.56. The maximum Gasteiger partial charge on any atom is 0.165 e. The molecule has 0 aliphatic carbocycles. The highest BCUT2D eigenvalue weighted by atomic mass is 32.1. The number of hydrogen-bond acceptors (Lipinski definition) is 5. The Morgan fingerprint density at radius 1 is 1.10 bits per heavy atom. The summed E-state index contributed by atoms with van der Waals surface area (Å²) in [6.07, 6.45) is 7.42. The molecule has 4 nitrogen and oxygen atoms in total. The number of anilines is 1. The van der Waals surface area contributed by atoms with Crippen molar-refractivity contribution in [1.82, 2.24) is 14.1 Å². The molecule has 0 amide bonds. The van der Waals surface area contributed by atoms with Crippen LogP contribution in [0.1, 0.15) is 58.6 Å². The van der Waals surface area contributed by atoms with Crippen LogP contribution in [0.4, 0.5) is 5.82 Å². The van der Waals surface area contributed by atoms with Crippen LogP contribution in [-0.2, 0) is 6.42 Å². The summed E-state index contributed by atoms with van der Waals surface area (Å²) in [5, 5.41) is 3.54. The molecular weight excluding hydrogens is 268 g/mol. The summed E-state index contributed by atoms with van der Waals surface area (Å²) in [5.74, 6) is 1.17. The molecule has 114 valence electrons. The maximum absolute atomic E-state index is 4.52.